The summed E-state index contributed by atoms with van der Waals surface area (Å²) in [6.45, 7) is 1.82. The minimum Gasteiger partial charge on any atom is -0.303 e. The lowest BCUT2D eigenvalue weighted by Gasteiger charge is -2.35. The van der Waals surface area contributed by atoms with E-state index in [0.717, 1.165) is 46.7 Å². The van der Waals surface area contributed by atoms with Crippen LogP contribution in [0.2, 0.25) is 5.02 Å². The molecule has 2 aliphatic rings. The van der Waals surface area contributed by atoms with Crippen molar-refractivity contribution in [1.29, 1.82) is 0 Å². The van der Waals surface area contributed by atoms with E-state index in [0.29, 0.717) is 6.04 Å². The van der Waals surface area contributed by atoms with Crippen LogP contribution in [0, 0.1) is 10.7 Å². The molecule has 1 saturated carbocycles. The van der Waals surface area contributed by atoms with Gasteiger partial charge in [-0.2, -0.15) is 5.10 Å². The van der Waals surface area contributed by atoms with E-state index in [2.05, 4.69) is 16.3 Å². The van der Waals surface area contributed by atoms with E-state index >= 15 is 0 Å². The molecule has 0 N–H and O–H groups in total. The number of hydrogen-bond acceptors (Lipinski definition) is 4. The van der Waals surface area contributed by atoms with Gasteiger partial charge in [-0.1, -0.05) is 11.6 Å². The molecule has 0 spiro atoms. The topological polar surface area (TPSA) is 26.0 Å². The average Bonchev–Trinajstić information content (AvgIpc) is 3.33. The molecule has 3 aromatic rings. The third kappa shape index (κ3) is 3.18. The molecule has 2 aromatic heterocycles. The van der Waals surface area contributed by atoms with Gasteiger partial charge < -0.3 is 4.57 Å². The van der Waals surface area contributed by atoms with Crippen LogP contribution in [0.5, 0.6) is 0 Å². The van der Waals surface area contributed by atoms with Crippen molar-refractivity contribution in [3.05, 3.63) is 55.9 Å². The van der Waals surface area contributed by atoms with Gasteiger partial charge in [-0.3, -0.25) is 4.90 Å². The van der Waals surface area contributed by atoms with E-state index in [-0.39, 0.29) is 0 Å². The van der Waals surface area contributed by atoms with Crippen LogP contribution in [0.25, 0.3) is 11.4 Å². The Bertz CT molecular complexity index is 1030. The highest BCUT2D eigenvalue weighted by Crippen LogP contribution is 2.48. The van der Waals surface area contributed by atoms with Crippen molar-refractivity contribution >= 4 is 35.2 Å². The predicted molar refractivity (Wildman–Crippen MR) is 113 cm³/mol. The minimum atomic E-state index is 0.517. The second-order valence-electron chi connectivity index (χ2n) is 7.46. The third-order valence-corrected chi connectivity index (χ3v) is 7.38. The summed E-state index contributed by atoms with van der Waals surface area (Å²) in [6.07, 6.45) is 3.79. The van der Waals surface area contributed by atoms with E-state index < -0.39 is 0 Å². The second kappa shape index (κ2) is 6.85. The molecule has 0 radical (unpaired) electrons. The smallest absolute Gasteiger partial charge is 0.199 e. The van der Waals surface area contributed by atoms with E-state index in [1.165, 1.54) is 18.4 Å². The summed E-state index contributed by atoms with van der Waals surface area (Å²) < 4.78 is 4.72. The summed E-state index contributed by atoms with van der Waals surface area (Å²) in [5, 5.41) is 7.83. The van der Waals surface area contributed by atoms with Crippen LogP contribution in [0.15, 0.2) is 35.7 Å². The molecule has 1 aliphatic heterocycles. The molecule has 1 aromatic carbocycles. The molecule has 7 heteroatoms. The number of hydrogen-bond donors (Lipinski definition) is 0. The molecule has 140 valence electrons. The van der Waals surface area contributed by atoms with Crippen molar-refractivity contribution < 1.29 is 0 Å². The molecule has 3 heterocycles. The molecular formula is C20H21ClN4S2. The zero-order valence-electron chi connectivity index (χ0n) is 15.1. The number of halogens is 1. The zero-order chi connectivity index (χ0) is 18.5. The largest absolute Gasteiger partial charge is 0.303 e. The summed E-state index contributed by atoms with van der Waals surface area (Å²) in [6, 6.07) is 10.6. The van der Waals surface area contributed by atoms with Gasteiger partial charge in [0, 0.05) is 35.1 Å². The molecule has 1 aliphatic carbocycles. The first-order valence-corrected chi connectivity index (χ1v) is 11.0. The van der Waals surface area contributed by atoms with Gasteiger partial charge in [0.05, 0.1) is 6.67 Å². The zero-order valence-corrected chi connectivity index (χ0v) is 17.5. The molecule has 0 saturated heterocycles. The number of rotatable bonds is 4. The molecule has 1 atom stereocenters. The summed E-state index contributed by atoms with van der Waals surface area (Å²) in [7, 11) is 1.99. The fourth-order valence-corrected chi connectivity index (χ4v) is 5.35. The fourth-order valence-electron chi connectivity index (χ4n) is 4.12. The van der Waals surface area contributed by atoms with Gasteiger partial charge in [0.2, 0.25) is 0 Å². The van der Waals surface area contributed by atoms with E-state index in [4.69, 9.17) is 28.9 Å². The second-order valence-corrected chi connectivity index (χ2v) is 9.26. The molecule has 0 unspecified atom stereocenters. The van der Waals surface area contributed by atoms with Crippen molar-refractivity contribution in [1.82, 2.24) is 19.2 Å². The number of benzene rings is 1. The number of thiophene rings is 1. The first-order chi connectivity index (χ1) is 13.1. The predicted octanol–water partition coefficient (Wildman–Crippen LogP) is 5.30. The first kappa shape index (κ1) is 17.6. The van der Waals surface area contributed by atoms with Gasteiger partial charge in [0.15, 0.2) is 10.6 Å². The van der Waals surface area contributed by atoms with Gasteiger partial charge in [-0.25, -0.2) is 4.68 Å². The van der Waals surface area contributed by atoms with Crippen LogP contribution in [0.4, 0.5) is 0 Å². The van der Waals surface area contributed by atoms with Crippen molar-refractivity contribution in [2.75, 3.05) is 6.54 Å². The number of nitrogens with zero attached hydrogens (tertiary/aromatic N) is 4. The lowest BCUT2D eigenvalue weighted by molar-refractivity contribution is 0.117. The van der Waals surface area contributed by atoms with Gasteiger partial charge in [0.25, 0.3) is 0 Å². The SMILES string of the molecule is Cn1c(-c2ccc(Cl)cc2)nn(CN2CCc3sccc3[C@@H]2C2CC2)c1=S. The summed E-state index contributed by atoms with van der Waals surface area (Å²) in [4.78, 5) is 4.14. The molecule has 0 bridgehead atoms. The lowest BCUT2D eigenvalue weighted by Crippen LogP contribution is -2.37. The minimum absolute atomic E-state index is 0.517. The Morgan fingerprint density at radius 2 is 2.00 bits per heavy atom. The van der Waals surface area contributed by atoms with Crippen molar-refractivity contribution in [3.63, 3.8) is 0 Å². The van der Waals surface area contributed by atoms with Crippen LogP contribution < -0.4 is 0 Å². The Hall–Kier alpha value is -1.47. The summed E-state index contributed by atoms with van der Waals surface area (Å²) >= 11 is 13.6. The third-order valence-electron chi connectivity index (χ3n) is 5.65. The van der Waals surface area contributed by atoms with Gasteiger partial charge in [-0.15, -0.1) is 11.3 Å². The van der Waals surface area contributed by atoms with Gasteiger partial charge >= 0.3 is 0 Å². The highest BCUT2D eigenvalue weighted by atomic mass is 35.5. The Labute approximate surface area is 173 Å². The van der Waals surface area contributed by atoms with E-state index in [1.54, 1.807) is 4.88 Å². The van der Waals surface area contributed by atoms with Crippen LogP contribution in [-0.2, 0) is 20.1 Å². The molecule has 4 nitrogen and oxygen atoms in total. The normalized spacial score (nSPS) is 20.0. The van der Waals surface area contributed by atoms with Crippen LogP contribution in [-0.4, -0.2) is 25.8 Å². The van der Waals surface area contributed by atoms with Gasteiger partial charge in [0.1, 0.15) is 0 Å². The lowest BCUT2D eigenvalue weighted by atomic mass is 9.96. The molecule has 1 fully saturated rings. The van der Waals surface area contributed by atoms with Crippen molar-refractivity contribution in [2.24, 2.45) is 13.0 Å². The maximum absolute atomic E-state index is 6.03. The highest BCUT2D eigenvalue weighted by molar-refractivity contribution is 7.71. The van der Waals surface area contributed by atoms with Crippen LogP contribution in [0.3, 0.4) is 0 Å². The maximum atomic E-state index is 6.03. The maximum Gasteiger partial charge on any atom is 0.199 e. The number of aromatic nitrogens is 3. The molecule has 5 rings (SSSR count). The number of fused-ring (bicyclic) bond motifs is 1. The molecule has 0 amide bonds. The summed E-state index contributed by atoms with van der Waals surface area (Å²) in [5.74, 6) is 1.67. The van der Waals surface area contributed by atoms with Crippen molar-refractivity contribution in [2.45, 2.75) is 32.0 Å². The van der Waals surface area contributed by atoms with Crippen LogP contribution >= 0.6 is 35.2 Å². The van der Waals surface area contributed by atoms with E-state index in [1.807, 2.05) is 51.9 Å². The quantitative estimate of drug-likeness (QED) is 0.540. The molecule has 27 heavy (non-hydrogen) atoms. The van der Waals surface area contributed by atoms with E-state index in [9.17, 15) is 0 Å². The Balaban J connectivity index is 1.47. The Morgan fingerprint density at radius 1 is 1.22 bits per heavy atom. The fraction of sp³-hybridized carbons (Fsp3) is 0.400. The van der Waals surface area contributed by atoms with Gasteiger partial charge in [-0.05, 0) is 78.7 Å². The Kier molecular flexibility index (Phi) is 4.47. The Morgan fingerprint density at radius 3 is 2.74 bits per heavy atom. The van der Waals surface area contributed by atoms with Crippen molar-refractivity contribution in [3.8, 4) is 11.4 Å². The van der Waals surface area contributed by atoms with Crippen LogP contribution in [0.1, 0.15) is 29.3 Å². The summed E-state index contributed by atoms with van der Waals surface area (Å²) in [5.41, 5.74) is 2.57. The monoisotopic (exact) mass is 416 g/mol. The average molecular weight is 417 g/mol. The molecular weight excluding hydrogens is 396 g/mol. The first-order valence-electron chi connectivity index (χ1n) is 9.32. The standard InChI is InChI=1S/C20H21ClN4S2/c1-23-19(14-4-6-15(21)7-5-14)22-25(20(23)26)12-24-10-8-17-16(9-11-27-17)18(24)13-2-3-13/h4-7,9,11,13,18H,2-3,8,10,12H2,1H3/t18-/m0/s1. The highest BCUT2D eigenvalue weighted by Gasteiger charge is 2.40.